The summed E-state index contributed by atoms with van der Waals surface area (Å²) in [5, 5.41) is 1.89. The lowest BCUT2D eigenvalue weighted by Gasteiger charge is -2.27. The Bertz CT molecular complexity index is 720. The van der Waals surface area contributed by atoms with E-state index in [-0.39, 0.29) is 31.4 Å². The Kier molecular flexibility index (Phi) is 7.52. The molecule has 0 unspecified atom stereocenters. The highest BCUT2D eigenvalue weighted by molar-refractivity contribution is 5.85. The topological polar surface area (TPSA) is 49.6 Å². The molecule has 0 aromatic carbocycles. The number of carbonyl (C=O) groups is 1. The highest BCUT2D eigenvalue weighted by Crippen LogP contribution is 2.20. The van der Waals surface area contributed by atoms with Crippen LogP contribution in [0.15, 0.2) is 24.4 Å². The van der Waals surface area contributed by atoms with Crippen molar-refractivity contribution in [3.05, 3.63) is 35.8 Å². The summed E-state index contributed by atoms with van der Waals surface area (Å²) in [5.41, 5.74) is 3.21. The van der Waals surface area contributed by atoms with Gasteiger partial charge in [0.1, 0.15) is 5.65 Å². The van der Waals surface area contributed by atoms with E-state index in [0.29, 0.717) is 6.42 Å². The van der Waals surface area contributed by atoms with Crippen molar-refractivity contribution < 1.29 is 18.0 Å². The first kappa shape index (κ1) is 21.5. The van der Waals surface area contributed by atoms with Gasteiger partial charge >= 0.3 is 12.1 Å². The maximum absolute atomic E-state index is 12.0. The number of nitrogens with zero attached hydrogens (tertiary/aromatic N) is 3. The van der Waals surface area contributed by atoms with Crippen LogP contribution in [0.5, 0.6) is 0 Å². The monoisotopic (exact) mass is 398 g/mol. The van der Waals surface area contributed by atoms with Gasteiger partial charge in [-0.05, 0) is 31.5 Å². The average molecular weight is 399 g/mol. The molecule has 0 saturated heterocycles. The summed E-state index contributed by atoms with van der Waals surface area (Å²) >= 11 is 0. The van der Waals surface area contributed by atoms with E-state index in [1.165, 1.54) is 0 Å². The summed E-state index contributed by atoms with van der Waals surface area (Å²) < 4.78 is 38.3. The zero-order valence-electron chi connectivity index (χ0n) is 13.3. The van der Waals surface area contributed by atoms with Gasteiger partial charge in [0.25, 0.3) is 0 Å². The number of unbranched alkanes of at least 4 members (excludes halogenated alkanes) is 1. The minimum Gasteiger partial charge on any atom is -0.348 e. The second-order valence-corrected chi connectivity index (χ2v) is 5.63. The molecule has 0 bridgehead atoms. The van der Waals surface area contributed by atoms with Crippen LogP contribution in [0.4, 0.5) is 13.2 Å². The zero-order chi connectivity index (χ0) is 16.4. The molecule has 0 spiro atoms. The van der Waals surface area contributed by atoms with Crippen LogP contribution in [-0.2, 0) is 17.9 Å². The molecule has 3 heterocycles. The number of pyridine rings is 1. The molecular formula is C15H19Cl2F3N4O. The number of imidazole rings is 1. The second kappa shape index (κ2) is 8.73. The third kappa shape index (κ3) is 4.99. The predicted octanol–water partition coefficient (Wildman–Crippen LogP) is 2.95. The van der Waals surface area contributed by atoms with Crippen molar-refractivity contribution in [3.8, 4) is 0 Å². The molecule has 0 aliphatic carbocycles. The first-order valence-corrected chi connectivity index (χ1v) is 7.47. The van der Waals surface area contributed by atoms with Gasteiger partial charge in [0.15, 0.2) is 0 Å². The standard InChI is InChI=1S/C15H17F3N4O.2ClH/c16-15(17,18)14(23)19-6-1-2-7-21-9-11-4-3-5-13-20-8-12(10-21)22(11)13;;/h3-5,8H,1-2,6-7,9-10H2,(H,19,23);2*1H. The Morgan fingerprint density at radius 1 is 1.16 bits per heavy atom. The summed E-state index contributed by atoms with van der Waals surface area (Å²) in [7, 11) is 0. The number of rotatable bonds is 5. The number of amides is 1. The maximum Gasteiger partial charge on any atom is 0.471 e. The van der Waals surface area contributed by atoms with Crippen LogP contribution in [0.3, 0.4) is 0 Å². The highest BCUT2D eigenvalue weighted by atomic mass is 35.5. The molecule has 1 aliphatic rings. The third-order valence-electron chi connectivity index (χ3n) is 3.90. The molecule has 1 N–H and O–H groups in total. The predicted molar refractivity (Wildman–Crippen MR) is 92.1 cm³/mol. The van der Waals surface area contributed by atoms with Crippen LogP contribution < -0.4 is 5.32 Å². The molecule has 0 atom stereocenters. The van der Waals surface area contributed by atoms with Crippen molar-refractivity contribution in [2.75, 3.05) is 13.1 Å². The Morgan fingerprint density at radius 2 is 1.88 bits per heavy atom. The normalized spacial score (nSPS) is 13.9. The summed E-state index contributed by atoms with van der Waals surface area (Å²) in [6, 6.07) is 5.98. The Balaban J connectivity index is 0.00000156. The van der Waals surface area contributed by atoms with Gasteiger partial charge in [0.2, 0.25) is 0 Å². The number of nitrogens with one attached hydrogen (secondary N) is 1. The Labute approximate surface area is 155 Å². The lowest BCUT2D eigenvalue weighted by atomic mass is 10.2. The van der Waals surface area contributed by atoms with Gasteiger partial charge in [0, 0.05) is 25.3 Å². The van der Waals surface area contributed by atoms with Gasteiger partial charge in [-0.1, -0.05) is 6.07 Å². The Hall–Kier alpha value is -1.51. The number of alkyl halides is 3. The lowest BCUT2D eigenvalue weighted by Crippen LogP contribution is -2.37. The van der Waals surface area contributed by atoms with E-state index in [0.717, 1.165) is 43.1 Å². The van der Waals surface area contributed by atoms with Crippen LogP contribution >= 0.6 is 24.8 Å². The summed E-state index contributed by atoms with van der Waals surface area (Å²) in [4.78, 5) is 17.3. The summed E-state index contributed by atoms with van der Waals surface area (Å²) in [6.45, 7) is 2.37. The fourth-order valence-corrected chi connectivity index (χ4v) is 2.84. The number of aromatic nitrogens is 2. The molecule has 10 heteroatoms. The maximum atomic E-state index is 12.0. The first-order valence-electron chi connectivity index (χ1n) is 7.47. The molecule has 0 saturated carbocycles. The summed E-state index contributed by atoms with van der Waals surface area (Å²) in [5.74, 6) is -1.87. The van der Waals surface area contributed by atoms with E-state index in [1.54, 1.807) is 0 Å². The van der Waals surface area contributed by atoms with E-state index in [2.05, 4.69) is 14.3 Å². The van der Waals surface area contributed by atoms with Crippen molar-refractivity contribution in [1.82, 2.24) is 19.6 Å². The molecule has 0 radical (unpaired) electrons. The molecule has 0 fully saturated rings. The highest BCUT2D eigenvalue weighted by Gasteiger charge is 2.38. The van der Waals surface area contributed by atoms with Gasteiger partial charge in [-0.25, -0.2) is 4.98 Å². The molecule has 25 heavy (non-hydrogen) atoms. The number of carbonyl (C=O) groups excluding carboxylic acids is 1. The number of halogens is 5. The largest absolute Gasteiger partial charge is 0.471 e. The van der Waals surface area contributed by atoms with Crippen LogP contribution in [0.2, 0.25) is 0 Å². The first-order chi connectivity index (χ1) is 10.9. The minimum atomic E-state index is -4.80. The smallest absolute Gasteiger partial charge is 0.348 e. The van der Waals surface area contributed by atoms with Crippen LogP contribution in [0.25, 0.3) is 5.65 Å². The minimum absolute atomic E-state index is 0. The fourth-order valence-electron chi connectivity index (χ4n) is 2.84. The average Bonchev–Trinajstić information content (AvgIpc) is 2.91. The van der Waals surface area contributed by atoms with Gasteiger partial charge in [-0.3, -0.25) is 14.1 Å². The third-order valence-corrected chi connectivity index (χ3v) is 3.90. The van der Waals surface area contributed by atoms with Crippen molar-refractivity contribution in [3.63, 3.8) is 0 Å². The quantitative estimate of drug-likeness (QED) is 0.787. The SMILES string of the molecule is Cl.Cl.O=C(NCCCCN1Cc2cccc3ncc(n23)C1)C(F)(F)F. The molecule has 2 aromatic rings. The van der Waals surface area contributed by atoms with Crippen LogP contribution in [-0.4, -0.2) is 39.5 Å². The van der Waals surface area contributed by atoms with Gasteiger partial charge in [-0.2, -0.15) is 13.2 Å². The van der Waals surface area contributed by atoms with E-state index >= 15 is 0 Å². The number of hydrogen-bond acceptors (Lipinski definition) is 3. The van der Waals surface area contributed by atoms with E-state index in [9.17, 15) is 18.0 Å². The van der Waals surface area contributed by atoms with Gasteiger partial charge < -0.3 is 5.32 Å². The number of hydrogen-bond donors (Lipinski definition) is 1. The molecule has 3 rings (SSSR count). The van der Waals surface area contributed by atoms with Crippen molar-refractivity contribution in [2.45, 2.75) is 32.1 Å². The van der Waals surface area contributed by atoms with E-state index in [4.69, 9.17) is 0 Å². The van der Waals surface area contributed by atoms with Crippen LogP contribution in [0.1, 0.15) is 24.2 Å². The molecular weight excluding hydrogens is 380 g/mol. The van der Waals surface area contributed by atoms with Crippen molar-refractivity contribution in [2.24, 2.45) is 0 Å². The molecule has 140 valence electrons. The Morgan fingerprint density at radius 3 is 2.60 bits per heavy atom. The molecule has 1 aliphatic heterocycles. The fraction of sp³-hybridized carbons (Fsp3) is 0.467. The molecule has 5 nitrogen and oxygen atoms in total. The zero-order valence-corrected chi connectivity index (χ0v) is 14.9. The van der Waals surface area contributed by atoms with E-state index in [1.807, 2.05) is 29.7 Å². The summed E-state index contributed by atoms with van der Waals surface area (Å²) in [6.07, 6.45) is -1.71. The van der Waals surface area contributed by atoms with Gasteiger partial charge in [-0.15, -0.1) is 24.8 Å². The van der Waals surface area contributed by atoms with E-state index < -0.39 is 12.1 Å². The second-order valence-electron chi connectivity index (χ2n) is 5.63. The lowest BCUT2D eigenvalue weighted by molar-refractivity contribution is -0.173. The molecule has 1 amide bonds. The molecule has 2 aromatic heterocycles. The van der Waals surface area contributed by atoms with Crippen molar-refractivity contribution >= 4 is 36.4 Å². The van der Waals surface area contributed by atoms with Crippen molar-refractivity contribution in [1.29, 1.82) is 0 Å². The van der Waals surface area contributed by atoms with Gasteiger partial charge in [0.05, 0.1) is 11.9 Å². The van der Waals surface area contributed by atoms with Crippen LogP contribution in [0, 0.1) is 0 Å².